The van der Waals surface area contributed by atoms with E-state index in [0.717, 1.165) is 52.1 Å². The van der Waals surface area contributed by atoms with Crippen molar-refractivity contribution in [1.29, 1.82) is 0 Å². The van der Waals surface area contributed by atoms with Crippen LogP contribution in [0.1, 0.15) is 34.1 Å². The van der Waals surface area contributed by atoms with Crippen LogP contribution >= 0.6 is 11.6 Å². The fraction of sp³-hybridized carbons (Fsp3) is 0.250. The first kappa shape index (κ1) is 23.4. The van der Waals surface area contributed by atoms with Crippen LogP contribution in [0.15, 0.2) is 63.1 Å². The molecule has 37 heavy (non-hydrogen) atoms. The molecular weight excluding hydrogens is 488 g/mol. The van der Waals surface area contributed by atoms with E-state index in [2.05, 4.69) is 20.4 Å². The number of carbonyl (C=O) groups excluding carboxylic acids is 1. The minimum absolute atomic E-state index is 0.171. The molecule has 0 unspecified atom stereocenters. The van der Waals surface area contributed by atoms with Gasteiger partial charge in [0.25, 0.3) is 5.91 Å². The minimum Gasteiger partial charge on any atom is -0.365 e. The lowest BCUT2D eigenvalue weighted by molar-refractivity contribution is 0.0755. The molecule has 2 aliphatic heterocycles. The van der Waals surface area contributed by atoms with Crippen molar-refractivity contribution in [1.82, 2.24) is 20.0 Å². The Labute approximate surface area is 219 Å². The average molecular weight is 513 g/mol. The highest BCUT2D eigenvalue weighted by Crippen LogP contribution is 2.32. The number of nitrogens with zero attached hydrogens (tertiary/aromatic N) is 5. The molecule has 186 valence electrons. The van der Waals surface area contributed by atoms with Crippen molar-refractivity contribution in [2.45, 2.75) is 26.8 Å². The highest BCUT2D eigenvalue weighted by molar-refractivity contribution is 6.30. The summed E-state index contributed by atoms with van der Waals surface area (Å²) in [5, 5.41) is 8.98. The normalized spacial score (nSPS) is 14.9. The summed E-state index contributed by atoms with van der Waals surface area (Å²) in [4.78, 5) is 29.1. The molecule has 0 spiro atoms. The number of carbonyl (C=O) groups is 1. The van der Waals surface area contributed by atoms with Gasteiger partial charge in [-0.3, -0.25) is 9.79 Å². The Bertz CT molecular complexity index is 1590. The molecule has 8 nitrogen and oxygen atoms in total. The molecule has 2 aromatic heterocycles. The quantitative estimate of drug-likeness (QED) is 0.385. The van der Waals surface area contributed by atoms with Crippen LogP contribution in [0.4, 0.5) is 5.82 Å². The van der Waals surface area contributed by atoms with E-state index in [9.17, 15) is 4.79 Å². The Hall–Kier alpha value is -4.04. The zero-order chi connectivity index (χ0) is 25.5. The number of anilines is 1. The molecule has 0 fully saturated rings. The molecular formula is C28H25ClN6O2. The standard InChI is InChI=1S/C28H25ClN6O2/c1-16-25(17(2)37-34-16)19-6-7-24-23(11-19)26(31-12-18-4-3-5-22(29)10-18)33-27(32-24)28(36)35-9-8-20-13-30-14-21(20)15-35/h3-7,10-11,14H,8-9,12-13,15H2,1-2H3,(H,31,32,33). The number of halogens is 1. The number of nitrogens with one attached hydrogen (secondary N) is 1. The smallest absolute Gasteiger partial charge is 0.292 e. The van der Waals surface area contributed by atoms with Crippen molar-refractivity contribution in [3.8, 4) is 11.1 Å². The summed E-state index contributed by atoms with van der Waals surface area (Å²) < 4.78 is 5.38. The first-order valence-corrected chi connectivity index (χ1v) is 12.6. The summed E-state index contributed by atoms with van der Waals surface area (Å²) in [6.07, 6.45) is 2.71. The minimum atomic E-state index is -0.186. The molecule has 9 heteroatoms. The van der Waals surface area contributed by atoms with Gasteiger partial charge in [0.05, 0.1) is 17.8 Å². The van der Waals surface area contributed by atoms with Gasteiger partial charge in [-0.25, -0.2) is 9.97 Å². The molecule has 0 atom stereocenters. The van der Waals surface area contributed by atoms with Crippen molar-refractivity contribution in [3.05, 3.63) is 81.5 Å². The van der Waals surface area contributed by atoms with E-state index >= 15 is 0 Å². The van der Waals surface area contributed by atoms with E-state index in [1.54, 1.807) is 4.90 Å². The van der Waals surface area contributed by atoms with E-state index in [0.29, 0.717) is 36.0 Å². The Balaban J connectivity index is 1.39. The predicted molar refractivity (Wildman–Crippen MR) is 144 cm³/mol. The van der Waals surface area contributed by atoms with Gasteiger partial charge in [-0.05, 0) is 66.8 Å². The van der Waals surface area contributed by atoms with Crippen LogP contribution in [0, 0.1) is 13.8 Å². The molecule has 1 N–H and O–H groups in total. The number of fused-ring (bicyclic) bond motifs is 1. The van der Waals surface area contributed by atoms with Gasteiger partial charge in [0.15, 0.2) is 0 Å². The number of aryl methyl sites for hydroxylation is 2. The van der Waals surface area contributed by atoms with Gasteiger partial charge in [-0.15, -0.1) is 0 Å². The maximum Gasteiger partial charge on any atom is 0.292 e. The van der Waals surface area contributed by atoms with Crippen molar-refractivity contribution < 1.29 is 9.32 Å². The molecule has 4 heterocycles. The molecule has 1 amide bonds. The van der Waals surface area contributed by atoms with E-state index in [1.165, 1.54) is 5.57 Å². The zero-order valence-corrected chi connectivity index (χ0v) is 21.3. The Morgan fingerprint density at radius 1 is 1.16 bits per heavy atom. The summed E-state index contributed by atoms with van der Waals surface area (Å²) >= 11 is 6.19. The van der Waals surface area contributed by atoms with Crippen LogP contribution < -0.4 is 5.32 Å². The molecule has 0 aliphatic carbocycles. The lowest BCUT2D eigenvalue weighted by atomic mass is 10.0. The van der Waals surface area contributed by atoms with E-state index < -0.39 is 0 Å². The number of aliphatic imine (C=N–C) groups is 1. The second kappa shape index (κ2) is 9.44. The predicted octanol–water partition coefficient (Wildman–Crippen LogP) is 5.39. The zero-order valence-electron chi connectivity index (χ0n) is 20.6. The maximum atomic E-state index is 13.5. The van der Waals surface area contributed by atoms with Gasteiger partial charge in [0, 0.05) is 41.8 Å². The third-order valence-electron chi connectivity index (χ3n) is 6.87. The molecule has 4 aromatic rings. The summed E-state index contributed by atoms with van der Waals surface area (Å²) in [5.74, 6) is 1.31. The number of aromatic nitrogens is 3. The van der Waals surface area contributed by atoms with Gasteiger partial charge in [-0.2, -0.15) is 0 Å². The molecule has 6 rings (SSSR count). The first-order valence-electron chi connectivity index (χ1n) is 12.2. The third kappa shape index (κ3) is 4.49. The maximum absolute atomic E-state index is 13.5. The van der Waals surface area contributed by atoms with Gasteiger partial charge in [0.1, 0.15) is 11.6 Å². The molecule has 2 aliphatic rings. The summed E-state index contributed by atoms with van der Waals surface area (Å²) in [6.45, 7) is 6.22. The summed E-state index contributed by atoms with van der Waals surface area (Å²) in [7, 11) is 0. The lowest BCUT2D eigenvalue weighted by Crippen LogP contribution is -2.38. The fourth-order valence-corrected chi connectivity index (χ4v) is 5.18. The third-order valence-corrected chi connectivity index (χ3v) is 7.11. The Kier molecular flexibility index (Phi) is 5.96. The highest BCUT2D eigenvalue weighted by atomic mass is 35.5. The molecule has 0 bridgehead atoms. The van der Waals surface area contributed by atoms with E-state index in [4.69, 9.17) is 21.1 Å². The number of amides is 1. The molecule has 0 saturated carbocycles. The SMILES string of the molecule is Cc1noc(C)c1-c1ccc2nc(C(=O)N3CCC4=C(C=NC4)C3)nc(NCc3cccc(Cl)c3)c2c1. The van der Waals surface area contributed by atoms with Crippen LogP contribution in [0.25, 0.3) is 22.0 Å². The molecule has 0 radical (unpaired) electrons. The second-order valence-corrected chi connectivity index (χ2v) is 9.82. The lowest BCUT2D eigenvalue weighted by Gasteiger charge is -2.27. The van der Waals surface area contributed by atoms with Gasteiger partial charge in [0.2, 0.25) is 5.82 Å². The summed E-state index contributed by atoms with van der Waals surface area (Å²) in [6, 6.07) is 13.6. The highest BCUT2D eigenvalue weighted by Gasteiger charge is 2.27. The van der Waals surface area contributed by atoms with Crippen LogP contribution in [0.2, 0.25) is 5.02 Å². The second-order valence-electron chi connectivity index (χ2n) is 9.39. The number of rotatable bonds is 5. The van der Waals surface area contributed by atoms with Gasteiger partial charge < -0.3 is 14.7 Å². The van der Waals surface area contributed by atoms with Gasteiger partial charge >= 0.3 is 0 Å². The van der Waals surface area contributed by atoms with Crippen LogP contribution in [-0.4, -0.2) is 51.8 Å². The largest absolute Gasteiger partial charge is 0.365 e. The van der Waals surface area contributed by atoms with Crippen LogP contribution in [-0.2, 0) is 6.54 Å². The fourth-order valence-electron chi connectivity index (χ4n) is 4.96. The number of benzene rings is 2. The molecule has 0 saturated heterocycles. The van der Waals surface area contributed by atoms with E-state index in [-0.39, 0.29) is 11.7 Å². The monoisotopic (exact) mass is 512 g/mol. The van der Waals surface area contributed by atoms with Crippen molar-refractivity contribution in [2.24, 2.45) is 4.99 Å². The number of hydrogen-bond donors (Lipinski definition) is 1. The molecule has 2 aromatic carbocycles. The van der Waals surface area contributed by atoms with Crippen molar-refractivity contribution in [2.75, 3.05) is 25.0 Å². The Morgan fingerprint density at radius 2 is 2.05 bits per heavy atom. The van der Waals surface area contributed by atoms with Crippen LogP contribution in [0.5, 0.6) is 0 Å². The van der Waals surface area contributed by atoms with E-state index in [1.807, 2.05) is 62.5 Å². The summed E-state index contributed by atoms with van der Waals surface area (Å²) in [5.41, 5.74) is 6.84. The average Bonchev–Trinajstić information content (AvgIpc) is 3.51. The van der Waals surface area contributed by atoms with Crippen molar-refractivity contribution >= 4 is 40.4 Å². The first-order chi connectivity index (χ1) is 18.0. The number of hydrogen-bond acceptors (Lipinski definition) is 7. The topological polar surface area (TPSA) is 96.5 Å². The van der Waals surface area contributed by atoms with Crippen molar-refractivity contribution in [3.63, 3.8) is 0 Å². The van der Waals surface area contributed by atoms with Crippen LogP contribution in [0.3, 0.4) is 0 Å². The van der Waals surface area contributed by atoms with Gasteiger partial charge in [-0.1, -0.05) is 35.0 Å². The Morgan fingerprint density at radius 3 is 2.86 bits per heavy atom.